The molecule has 3 aliphatic rings. The van der Waals surface area contributed by atoms with Crippen LogP contribution in [0, 0.1) is 10.1 Å². The highest BCUT2D eigenvalue weighted by atomic mass is 32.2. The Bertz CT molecular complexity index is 1110. The minimum Gasteiger partial charge on any atom is -0.353 e. The zero-order valence-electron chi connectivity index (χ0n) is 17.9. The summed E-state index contributed by atoms with van der Waals surface area (Å²) in [6, 6.07) is 4.94. The number of carbonyl (C=O) groups is 5. The van der Waals surface area contributed by atoms with E-state index in [-0.39, 0.29) is 23.7 Å². The second-order valence-electron chi connectivity index (χ2n) is 8.14. The number of hydrogen-bond donors (Lipinski definition) is 2. The molecule has 1 spiro atoms. The second kappa shape index (κ2) is 9.25. The van der Waals surface area contributed by atoms with E-state index >= 15 is 0 Å². The number of non-ortho nitro benzene ring substituents is 1. The van der Waals surface area contributed by atoms with Gasteiger partial charge in [0.15, 0.2) is 0 Å². The van der Waals surface area contributed by atoms with Gasteiger partial charge in [-0.2, -0.15) is 0 Å². The number of imide groups is 2. The van der Waals surface area contributed by atoms with Gasteiger partial charge in [-0.15, -0.1) is 0 Å². The first kappa shape index (κ1) is 23.4. The van der Waals surface area contributed by atoms with Crippen molar-refractivity contribution >= 4 is 52.5 Å². The highest BCUT2D eigenvalue weighted by molar-refractivity contribution is 8.18. The van der Waals surface area contributed by atoms with Gasteiger partial charge in [0.2, 0.25) is 5.91 Å². The molecule has 2 heterocycles. The summed E-state index contributed by atoms with van der Waals surface area (Å²) >= 11 is 0.729. The second-order valence-corrected chi connectivity index (χ2v) is 9.14. The van der Waals surface area contributed by atoms with E-state index in [2.05, 4.69) is 10.6 Å². The first-order valence-electron chi connectivity index (χ1n) is 10.6. The molecule has 1 aromatic carbocycles. The number of nitro groups is 1. The van der Waals surface area contributed by atoms with Gasteiger partial charge in [-0.3, -0.25) is 39.1 Å². The number of nitrogens with one attached hydrogen (secondary N) is 2. The Morgan fingerprint density at radius 1 is 1.15 bits per heavy atom. The molecule has 2 aliphatic heterocycles. The van der Waals surface area contributed by atoms with Gasteiger partial charge < -0.3 is 10.6 Å². The molecule has 2 saturated heterocycles. The van der Waals surface area contributed by atoms with Crippen molar-refractivity contribution in [2.24, 2.45) is 0 Å². The molecular weight excluding hydrogens is 466 g/mol. The number of amides is 6. The number of rotatable bonds is 7. The zero-order chi connectivity index (χ0) is 24.5. The van der Waals surface area contributed by atoms with E-state index < -0.39 is 46.0 Å². The van der Waals surface area contributed by atoms with Gasteiger partial charge in [0, 0.05) is 25.2 Å². The maximum absolute atomic E-state index is 12.6. The molecule has 0 bridgehead atoms. The third-order valence-electron chi connectivity index (χ3n) is 5.94. The molecule has 3 fully saturated rings. The van der Waals surface area contributed by atoms with Crippen molar-refractivity contribution in [3.63, 3.8) is 0 Å². The van der Waals surface area contributed by atoms with E-state index in [1.54, 1.807) is 0 Å². The highest BCUT2D eigenvalue weighted by Gasteiger charge is 2.52. The monoisotopic (exact) mass is 487 g/mol. The summed E-state index contributed by atoms with van der Waals surface area (Å²) in [6.45, 7) is -0.567. The fourth-order valence-electron chi connectivity index (χ4n) is 4.18. The molecule has 4 rings (SSSR count). The van der Waals surface area contributed by atoms with Crippen molar-refractivity contribution in [2.75, 3.05) is 19.6 Å². The van der Waals surface area contributed by atoms with Gasteiger partial charge in [0.1, 0.15) is 12.1 Å². The standard InChI is InChI=1S/C21H21N5O7S/c27-16(12-25-18(29)21(23-19(25)30)7-1-2-8-21)22-9-10-24-17(28)15(34-20(24)31)11-13-3-5-14(6-4-13)26(32)33/h3-6,11H,1-2,7-10,12H2,(H,22,27)(H,23,30)/b15-11+. The molecule has 178 valence electrons. The van der Waals surface area contributed by atoms with Crippen molar-refractivity contribution in [3.05, 3.63) is 44.8 Å². The summed E-state index contributed by atoms with van der Waals surface area (Å²) < 4.78 is 0. The van der Waals surface area contributed by atoms with Crippen LogP contribution in [-0.4, -0.2) is 68.9 Å². The van der Waals surface area contributed by atoms with Crippen LogP contribution >= 0.6 is 11.8 Å². The lowest BCUT2D eigenvalue weighted by atomic mass is 9.98. The van der Waals surface area contributed by atoms with E-state index in [9.17, 15) is 34.1 Å². The lowest BCUT2D eigenvalue weighted by Crippen LogP contribution is -2.46. The van der Waals surface area contributed by atoms with E-state index in [4.69, 9.17) is 0 Å². The third-order valence-corrected chi connectivity index (χ3v) is 6.84. The average Bonchev–Trinajstić information content (AvgIpc) is 3.44. The predicted octanol–water partition coefficient (Wildman–Crippen LogP) is 1.61. The molecule has 1 aliphatic carbocycles. The van der Waals surface area contributed by atoms with Crippen LogP contribution in [0.1, 0.15) is 31.2 Å². The molecule has 2 N–H and O–H groups in total. The van der Waals surface area contributed by atoms with Gasteiger partial charge in [-0.25, -0.2) is 4.79 Å². The Balaban J connectivity index is 1.29. The Kier molecular flexibility index (Phi) is 6.37. The van der Waals surface area contributed by atoms with Gasteiger partial charge in [-0.1, -0.05) is 12.8 Å². The van der Waals surface area contributed by atoms with Gasteiger partial charge in [0.05, 0.1) is 9.83 Å². The van der Waals surface area contributed by atoms with Crippen LogP contribution in [0.2, 0.25) is 0 Å². The van der Waals surface area contributed by atoms with Gasteiger partial charge >= 0.3 is 6.03 Å². The number of benzene rings is 1. The summed E-state index contributed by atoms with van der Waals surface area (Å²) in [5, 5.41) is 15.5. The maximum atomic E-state index is 12.6. The van der Waals surface area contributed by atoms with Crippen LogP contribution in [0.3, 0.4) is 0 Å². The van der Waals surface area contributed by atoms with Gasteiger partial charge in [-0.05, 0) is 48.4 Å². The number of hydrogen-bond acceptors (Lipinski definition) is 8. The summed E-state index contributed by atoms with van der Waals surface area (Å²) in [6.07, 6.45) is 4.25. The van der Waals surface area contributed by atoms with Crippen molar-refractivity contribution in [3.8, 4) is 0 Å². The Hall–Kier alpha value is -3.74. The zero-order valence-corrected chi connectivity index (χ0v) is 18.8. The van der Waals surface area contributed by atoms with Crippen LogP contribution < -0.4 is 10.6 Å². The van der Waals surface area contributed by atoms with Crippen LogP contribution in [0.5, 0.6) is 0 Å². The van der Waals surface area contributed by atoms with E-state index in [1.807, 2.05) is 0 Å². The van der Waals surface area contributed by atoms with Crippen molar-refractivity contribution in [2.45, 2.75) is 31.2 Å². The number of nitrogens with zero attached hydrogens (tertiary/aromatic N) is 3. The quantitative estimate of drug-likeness (QED) is 0.254. The summed E-state index contributed by atoms with van der Waals surface area (Å²) in [4.78, 5) is 74.1. The Morgan fingerprint density at radius 3 is 2.47 bits per heavy atom. The largest absolute Gasteiger partial charge is 0.353 e. The minimum atomic E-state index is -0.893. The van der Waals surface area contributed by atoms with Crippen LogP contribution in [-0.2, 0) is 14.4 Å². The molecule has 1 saturated carbocycles. The maximum Gasteiger partial charge on any atom is 0.325 e. The molecule has 0 atom stereocenters. The molecule has 34 heavy (non-hydrogen) atoms. The van der Waals surface area contributed by atoms with Crippen molar-refractivity contribution in [1.29, 1.82) is 0 Å². The lowest BCUT2D eigenvalue weighted by molar-refractivity contribution is -0.384. The van der Waals surface area contributed by atoms with Crippen LogP contribution in [0.15, 0.2) is 29.2 Å². The van der Waals surface area contributed by atoms with Crippen LogP contribution in [0.4, 0.5) is 15.3 Å². The third kappa shape index (κ3) is 4.51. The fourth-order valence-corrected chi connectivity index (χ4v) is 5.05. The highest BCUT2D eigenvalue weighted by Crippen LogP contribution is 2.35. The predicted molar refractivity (Wildman–Crippen MR) is 120 cm³/mol. The molecule has 13 heteroatoms. The topological polar surface area (TPSA) is 159 Å². The summed E-state index contributed by atoms with van der Waals surface area (Å²) in [7, 11) is 0. The summed E-state index contributed by atoms with van der Waals surface area (Å²) in [5.41, 5.74) is -0.458. The van der Waals surface area contributed by atoms with E-state index in [1.165, 1.54) is 30.3 Å². The smallest absolute Gasteiger partial charge is 0.325 e. The summed E-state index contributed by atoms with van der Waals surface area (Å²) in [5.74, 6) is -1.51. The first-order valence-corrected chi connectivity index (χ1v) is 11.4. The molecule has 12 nitrogen and oxygen atoms in total. The minimum absolute atomic E-state index is 0.0452. The Morgan fingerprint density at radius 2 is 1.82 bits per heavy atom. The normalized spacial score (nSPS) is 20.5. The molecular formula is C21H21N5O7S. The van der Waals surface area contributed by atoms with Crippen molar-refractivity contribution in [1.82, 2.24) is 20.4 Å². The lowest BCUT2D eigenvalue weighted by Gasteiger charge is -2.20. The number of carbonyl (C=O) groups excluding carboxylic acids is 5. The first-order chi connectivity index (χ1) is 16.2. The average molecular weight is 487 g/mol. The number of nitro benzene ring substituents is 1. The number of thioether (sulfide) groups is 1. The van der Waals surface area contributed by atoms with E-state index in [0.717, 1.165) is 34.4 Å². The molecule has 6 amide bonds. The molecule has 0 aromatic heterocycles. The SMILES string of the molecule is O=C(CN1C(=O)NC2(CCCC2)C1=O)NCCN1C(=O)S/C(=C/c2ccc([N+](=O)[O-])cc2)C1=O. The van der Waals surface area contributed by atoms with Gasteiger partial charge in [0.25, 0.3) is 22.7 Å². The number of urea groups is 1. The Labute approximate surface area is 197 Å². The van der Waals surface area contributed by atoms with Crippen LogP contribution in [0.25, 0.3) is 6.08 Å². The molecule has 0 radical (unpaired) electrons. The molecule has 0 unspecified atom stereocenters. The fraction of sp³-hybridized carbons (Fsp3) is 0.381. The van der Waals surface area contributed by atoms with Crippen molar-refractivity contribution < 1.29 is 28.9 Å². The molecule has 1 aromatic rings. The van der Waals surface area contributed by atoms with E-state index in [0.29, 0.717) is 18.4 Å².